The number of amides is 4. The number of aryl methyl sites for hydroxylation is 1. The Bertz CT molecular complexity index is 1540. The second-order valence-electron chi connectivity index (χ2n) is 9.85. The maximum Gasteiger partial charge on any atom is 0.323 e. The van der Waals surface area contributed by atoms with Crippen LogP contribution in [0.4, 0.5) is 21.9 Å². The first-order valence-corrected chi connectivity index (χ1v) is 13.4. The average Bonchev–Trinajstić information content (AvgIpc) is 2.96. The molecule has 0 heterocycles. The van der Waals surface area contributed by atoms with Gasteiger partial charge in [0.05, 0.1) is 12.8 Å². The first-order valence-electron chi connectivity index (χ1n) is 13.4. The first-order chi connectivity index (χ1) is 20.2. The number of carbonyl (C=O) groups is 4. The second kappa shape index (κ2) is 14.3. The Balaban J connectivity index is 1.26. The lowest BCUT2D eigenvalue weighted by molar-refractivity contribution is -0.137. The molecule has 0 aliphatic rings. The monoisotopic (exact) mass is 564 g/mol. The van der Waals surface area contributed by atoms with Gasteiger partial charge in [0.2, 0.25) is 5.91 Å². The van der Waals surface area contributed by atoms with E-state index in [1.165, 1.54) is 0 Å². The predicted octanol–water partition coefficient (Wildman–Crippen LogP) is 5.64. The number of para-hydroxylation sites is 1. The number of hydrogen-bond donors (Lipinski definition) is 5. The van der Waals surface area contributed by atoms with Gasteiger partial charge in [-0.3, -0.25) is 14.4 Å². The van der Waals surface area contributed by atoms with E-state index in [9.17, 15) is 24.3 Å². The van der Waals surface area contributed by atoms with Gasteiger partial charge in [-0.05, 0) is 72.5 Å². The summed E-state index contributed by atoms with van der Waals surface area (Å²) in [5.74, 6) is -1.63. The number of carboxylic acids is 1. The van der Waals surface area contributed by atoms with Gasteiger partial charge >= 0.3 is 12.0 Å². The van der Waals surface area contributed by atoms with Crippen molar-refractivity contribution in [3.05, 3.63) is 125 Å². The molecule has 0 aliphatic heterocycles. The minimum atomic E-state index is -0.996. The first kappa shape index (κ1) is 29.5. The molecular weight excluding hydrogens is 532 g/mol. The quantitative estimate of drug-likeness (QED) is 0.161. The van der Waals surface area contributed by atoms with Crippen LogP contribution in [0.25, 0.3) is 0 Å². The van der Waals surface area contributed by atoms with Gasteiger partial charge in [-0.15, -0.1) is 0 Å². The molecule has 0 saturated carbocycles. The highest BCUT2D eigenvalue weighted by molar-refractivity contribution is 6.00. The summed E-state index contributed by atoms with van der Waals surface area (Å²) in [5.41, 5.74) is 4.83. The van der Waals surface area contributed by atoms with Crippen molar-refractivity contribution in [1.29, 1.82) is 0 Å². The van der Waals surface area contributed by atoms with E-state index in [2.05, 4.69) is 21.3 Å². The fraction of sp³-hybridized carbons (Fsp3) is 0.152. The number of benzene rings is 4. The minimum absolute atomic E-state index is 0.119. The molecule has 1 atom stereocenters. The van der Waals surface area contributed by atoms with Gasteiger partial charge in [-0.2, -0.15) is 0 Å². The number of nitrogens with one attached hydrogen (secondary N) is 4. The summed E-state index contributed by atoms with van der Waals surface area (Å²) in [5, 5.41) is 20.5. The van der Waals surface area contributed by atoms with E-state index in [4.69, 9.17) is 0 Å². The van der Waals surface area contributed by atoms with E-state index in [0.29, 0.717) is 23.4 Å². The highest BCUT2D eigenvalue weighted by Gasteiger charge is 2.18. The Morgan fingerprint density at radius 2 is 1.31 bits per heavy atom. The smallest absolute Gasteiger partial charge is 0.323 e. The van der Waals surface area contributed by atoms with Gasteiger partial charge in [0.15, 0.2) is 0 Å². The Labute approximate surface area is 244 Å². The zero-order valence-electron chi connectivity index (χ0n) is 23.1. The van der Waals surface area contributed by atoms with E-state index < -0.39 is 17.9 Å². The molecule has 0 aromatic heterocycles. The number of hydrogen-bond acceptors (Lipinski definition) is 4. The molecule has 5 N–H and O–H groups in total. The van der Waals surface area contributed by atoms with Crippen LogP contribution in [0.3, 0.4) is 0 Å². The summed E-state index contributed by atoms with van der Waals surface area (Å²) in [6.45, 7) is 1.91. The minimum Gasteiger partial charge on any atom is -0.481 e. The van der Waals surface area contributed by atoms with Gasteiger partial charge in [0.25, 0.3) is 5.91 Å². The number of urea groups is 1. The lowest BCUT2D eigenvalue weighted by atomic mass is 10.0. The van der Waals surface area contributed by atoms with Crippen LogP contribution >= 0.6 is 0 Å². The van der Waals surface area contributed by atoms with Gasteiger partial charge in [0, 0.05) is 28.7 Å². The molecule has 0 fully saturated rings. The van der Waals surface area contributed by atoms with Crippen LogP contribution in [0.5, 0.6) is 0 Å². The SMILES string of the molecule is Cc1ccccc1NC(=O)Nc1ccc(CC(=O)Nc2ccc(C(=O)NC(CC(=O)O)Cc3ccccc3)cc2)cc1. The van der Waals surface area contributed by atoms with Gasteiger partial charge in [0.1, 0.15) is 0 Å². The molecular formula is C33H32N4O5. The number of carbonyl (C=O) groups excluding carboxylic acids is 3. The molecule has 0 spiro atoms. The normalized spacial score (nSPS) is 11.2. The van der Waals surface area contributed by atoms with Crippen molar-refractivity contribution < 1.29 is 24.3 Å². The van der Waals surface area contributed by atoms with Crippen molar-refractivity contribution in [3.63, 3.8) is 0 Å². The van der Waals surface area contributed by atoms with E-state index in [-0.39, 0.29) is 24.8 Å². The number of rotatable bonds is 11. The maximum atomic E-state index is 12.8. The van der Waals surface area contributed by atoms with E-state index in [0.717, 1.165) is 22.4 Å². The Morgan fingerprint density at radius 1 is 0.690 bits per heavy atom. The van der Waals surface area contributed by atoms with Crippen molar-refractivity contribution in [2.45, 2.75) is 32.2 Å². The molecule has 4 aromatic carbocycles. The second-order valence-corrected chi connectivity index (χ2v) is 9.85. The topological polar surface area (TPSA) is 137 Å². The summed E-state index contributed by atoms with van der Waals surface area (Å²) in [6, 6.07) is 29.3. The molecule has 214 valence electrons. The number of carboxylic acid groups (broad SMARTS) is 1. The molecule has 42 heavy (non-hydrogen) atoms. The number of aliphatic carboxylic acids is 1. The van der Waals surface area contributed by atoms with E-state index in [1.54, 1.807) is 48.5 Å². The molecule has 9 nitrogen and oxygen atoms in total. The fourth-order valence-electron chi connectivity index (χ4n) is 4.35. The summed E-state index contributed by atoms with van der Waals surface area (Å²) in [7, 11) is 0. The highest BCUT2D eigenvalue weighted by Crippen LogP contribution is 2.16. The Morgan fingerprint density at radius 3 is 1.98 bits per heavy atom. The van der Waals surface area contributed by atoms with Crippen LogP contribution in [0.1, 0.15) is 33.5 Å². The molecule has 9 heteroatoms. The fourth-order valence-corrected chi connectivity index (χ4v) is 4.35. The largest absolute Gasteiger partial charge is 0.481 e. The average molecular weight is 565 g/mol. The number of anilines is 3. The summed E-state index contributed by atoms with van der Waals surface area (Å²) >= 11 is 0. The molecule has 4 amide bonds. The molecule has 4 rings (SSSR count). The van der Waals surface area contributed by atoms with Crippen LogP contribution in [-0.4, -0.2) is 35.0 Å². The predicted molar refractivity (Wildman–Crippen MR) is 163 cm³/mol. The van der Waals surface area contributed by atoms with E-state index in [1.807, 2.05) is 61.5 Å². The van der Waals surface area contributed by atoms with Crippen LogP contribution in [0.2, 0.25) is 0 Å². The van der Waals surface area contributed by atoms with Crippen molar-refractivity contribution in [1.82, 2.24) is 5.32 Å². The molecule has 0 saturated heterocycles. The molecule has 1 unspecified atom stereocenters. The zero-order valence-corrected chi connectivity index (χ0v) is 23.1. The zero-order chi connectivity index (χ0) is 29.9. The molecule has 0 bridgehead atoms. The van der Waals surface area contributed by atoms with E-state index >= 15 is 0 Å². The standard InChI is InChI=1S/C33H32N4O5/c1-22-7-5-6-10-29(22)37-33(42)36-27-15-11-24(12-16-27)20-30(38)34-26-17-13-25(14-18-26)32(41)35-28(21-31(39)40)19-23-8-3-2-4-9-23/h2-18,28H,19-21H2,1H3,(H,34,38)(H,35,41)(H,39,40)(H2,36,37,42). The highest BCUT2D eigenvalue weighted by atomic mass is 16.4. The summed E-state index contributed by atoms with van der Waals surface area (Å²) in [4.78, 5) is 49.0. The van der Waals surface area contributed by atoms with Crippen LogP contribution in [-0.2, 0) is 22.4 Å². The van der Waals surface area contributed by atoms with Crippen LogP contribution in [0.15, 0.2) is 103 Å². The maximum absolute atomic E-state index is 12.8. The third-order valence-electron chi connectivity index (χ3n) is 6.48. The summed E-state index contributed by atoms with van der Waals surface area (Å²) < 4.78 is 0. The lowest BCUT2D eigenvalue weighted by Gasteiger charge is -2.17. The van der Waals surface area contributed by atoms with Gasteiger partial charge in [-0.1, -0.05) is 60.7 Å². The van der Waals surface area contributed by atoms with Crippen molar-refractivity contribution >= 4 is 40.9 Å². The molecule has 4 aromatic rings. The molecule has 0 radical (unpaired) electrons. The Kier molecular flexibility index (Phi) is 10.0. The third-order valence-corrected chi connectivity index (χ3v) is 6.48. The Hall–Kier alpha value is -5.44. The van der Waals surface area contributed by atoms with Gasteiger partial charge in [-0.25, -0.2) is 4.79 Å². The van der Waals surface area contributed by atoms with Gasteiger partial charge < -0.3 is 26.4 Å². The van der Waals surface area contributed by atoms with Crippen LogP contribution in [0, 0.1) is 6.92 Å². The summed E-state index contributed by atoms with van der Waals surface area (Å²) in [6.07, 6.45) is 0.311. The lowest BCUT2D eigenvalue weighted by Crippen LogP contribution is -2.38. The van der Waals surface area contributed by atoms with Crippen molar-refractivity contribution in [3.8, 4) is 0 Å². The van der Waals surface area contributed by atoms with Crippen LogP contribution < -0.4 is 21.3 Å². The van der Waals surface area contributed by atoms with Crippen molar-refractivity contribution in [2.75, 3.05) is 16.0 Å². The van der Waals surface area contributed by atoms with Crippen molar-refractivity contribution in [2.24, 2.45) is 0 Å². The molecule has 0 aliphatic carbocycles. The third kappa shape index (κ3) is 9.06.